The van der Waals surface area contributed by atoms with E-state index in [0.717, 1.165) is 21.6 Å². The first-order valence-electron chi connectivity index (χ1n) is 19.4. The summed E-state index contributed by atoms with van der Waals surface area (Å²) in [5, 5.41) is 15.6. The molecular formula is C47H44N4O7. The van der Waals surface area contributed by atoms with Gasteiger partial charge < -0.3 is 25.2 Å². The summed E-state index contributed by atoms with van der Waals surface area (Å²) in [6.07, 6.45) is 0.678. The molecule has 0 radical (unpaired) electrons. The molecule has 58 heavy (non-hydrogen) atoms. The molecule has 8 rings (SSSR count). The maximum atomic E-state index is 16.0. The maximum absolute atomic E-state index is 16.0. The van der Waals surface area contributed by atoms with Crippen LogP contribution in [-0.2, 0) is 24.5 Å². The SMILES string of the molecule is C=CCNC(=O)C1C2C(=O)OC(c3ccccc3)C(c3ccccc3)N2C(c2cccc(OCCO)c2)C12C(=O)N(C(=O)NC(C)c1ccccc1)c1ccccc12. The molecule has 0 bridgehead atoms. The average molecular weight is 777 g/mol. The van der Waals surface area contributed by atoms with Crippen LogP contribution in [0.2, 0.25) is 0 Å². The van der Waals surface area contributed by atoms with Crippen LogP contribution < -0.4 is 20.3 Å². The van der Waals surface area contributed by atoms with Crippen molar-refractivity contribution < 1.29 is 33.8 Å². The van der Waals surface area contributed by atoms with Gasteiger partial charge in [0.1, 0.15) is 29.9 Å². The van der Waals surface area contributed by atoms with E-state index in [2.05, 4.69) is 17.2 Å². The highest BCUT2D eigenvalue weighted by Gasteiger charge is 2.75. The van der Waals surface area contributed by atoms with E-state index in [1.807, 2.05) is 109 Å². The topological polar surface area (TPSA) is 138 Å². The third-order valence-corrected chi connectivity index (χ3v) is 11.4. The number of nitrogens with zero attached hydrogens (tertiary/aromatic N) is 2. The summed E-state index contributed by atoms with van der Waals surface area (Å²) in [4.78, 5) is 63.8. The molecule has 3 N–H and O–H groups in total. The molecule has 2 saturated heterocycles. The van der Waals surface area contributed by atoms with Crippen molar-refractivity contribution in [1.29, 1.82) is 0 Å². The number of imide groups is 1. The number of cyclic esters (lactones) is 1. The van der Waals surface area contributed by atoms with Crippen molar-refractivity contribution in [2.45, 2.75) is 42.6 Å². The van der Waals surface area contributed by atoms with Gasteiger partial charge in [0.05, 0.1) is 36.3 Å². The fraction of sp³-hybridized carbons (Fsp3) is 0.234. The Bertz CT molecular complexity index is 2320. The molecule has 5 aromatic rings. The lowest BCUT2D eigenvalue weighted by Crippen LogP contribution is -2.56. The fourth-order valence-electron chi connectivity index (χ4n) is 9.16. The van der Waals surface area contributed by atoms with Crippen LogP contribution in [0.25, 0.3) is 0 Å². The Kier molecular flexibility index (Phi) is 10.7. The van der Waals surface area contributed by atoms with Crippen LogP contribution in [0.1, 0.15) is 59.0 Å². The molecule has 0 aliphatic carbocycles. The van der Waals surface area contributed by atoms with E-state index in [-0.39, 0.29) is 19.8 Å². The Hall–Kier alpha value is -6.56. The molecule has 3 aliphatic heterocycles. The number of benzene rings is 5. The normalized spacial score (nSPS) is 24.0. The Morgan fingerprint density at radius 2 is 1.48 bits per heavy atom. The number of carbonyl (C=O) groups excluding carboxylic acids is 4. The van der Waals surface area contributed by atoms with E-state index >= 15 is 9.59 Å². The smallest absolute Gasteiger partial charge is 0.329 e. The molecule has 5 aromatic carbocycles. The summed E-state index contributed by atoms with van der Waals surface area (Å²) in [6.45, 7) is 5.48. The first-order valence-corrected chi connectivity index (χ1v) is 19.4. The standard InChI is InChI=1S/C47H44N4O7/c1-3-26-48-43(53)38-40-44(54)58-41(33-20-11-6-12-21-33)39(32-18-9-5-10-19-32)51(40)42(34-22-15-23-35(29-34)57-28-27-52)47(38)36-24-13-14-25-37(36)50(45(47)55)46(56)49-30(2)31-16-7-4-8-17-31/h3-25,29-30,38-42,52H,1,26-28H2,2H3,(H,48,53)(H,49,56). The predicted molar refractivity (Wildman–Crippen MR) is 218 cm³/mol. The van der Waals surface area contributed by atoms with Gasteiger partial charge in [-0.1, -0.05) is 127 Å². The lowest BCUT2D eigenvalue weighted by atomic mass is 9.65. The molecule has 3 heterocycles. The molecule has 0 aromatic heterocycles. The molecule has 7 atom stereocenters. The number of aliphatic hydroxyl groups is 1. The lowest BCUT2D eigenvalue weighted by molar-refractivity contribution is -0.178. The van der Waals surface area contributed by atoms with Crippen molar-refractivity contribution in [3.8, 4) is 5.75 Å². The van der Waals surface area contributed by atoms with E-state index < -0.39 is 65.4 Å². The summed E-state index contributed by atoms with van der Waals surface area (Å²) < 4.78 is 12.4. The molecular weight excluding hydrogens is 733 g/mol. The number of morpholine rings is 1. The second kappa shape index (κ2) is 16.1. The molecule has 4 amide bonds. The number of para-hydroxylation sites is 1. The number of esters is 1. The highest BCUT2D eigenvalue weighted by Crippen LogP contribution is 2.65. The summed E-state index contributed by atoms with van der Waals surface area (Å²) in [5.74, 6) is -2.90. The Balaban J connectivity index is 1.40. The van der Waals surface area contributed by atoms with Gasteiger partial charge >= 0.3 is 12.0 Å². The molecule has 11 nitrogen and oxygen atoms in total. The minimum absolute atomic E-state index is 0.0164. The monoisotopic (exact) mass is 776 g/mol. The van der Waals surface area contributed by atoms with Gasteiger partial charge in [0.25, 0.3) is 0 Å². The van der Waals surface area contributed by atoms with Gasteiger partial charge in [0.15, 0.2) is 0 Å². The Morgan fingerprint density at radius 3 is 2.17 bits per heavy atom. The summed E-state index contributed by atoms with van der Waals surface area (Å²) in [5.41, 5.74) is 1.76. The van der Waals surface area contributed by atoms with Crippen LogP contribution >= 0.6 is 0 Å². The van der Waals surface area contributed by atoms with Crippen molar-refractivity contribution in [3.63, 3.8) is 0 Å². The van der Waals surface area contributed by atoms with E-state index in [1.165, 1.54) is 6.08 Å². The first kappa shape index (κ1) is 38.3. The van der Waals surface area contributed by atoms with Gasteiger partial charge in [-0.05, 0) is 52.9 Å². The van der Waals surface area contributed by atoms with Gasteiger partial charge in [0, 0.05) is 6.54 Å². The molecule has 7 unspecified atom stereocenters. The van der Waals surface area contributed by atoms with Gasteiger partial charge in [-0.3, -0.25) is 19.3 Å². The first-order chi connectivity index (χ1) is 28.3. The summed E-state index contributed by atoms with van der Waals surface area (Å²) in [7, 11) is 0. The number of fused-ring (bicyclic) bond motifs is 3. The second-order valence-electron chi connectivity index (χ2n) is 14.7. The quantitative estimate of drug-likeness (QED) is 0.102. The average Bonchev–Trinajstić information content (AvgIpc) is 3.72. The van der Waals surface area contributed by atoms with E-state index in [4.69, 9.17) is 9.47 Å². The van der Waals surface area contributed by atoms with Gasteiger partial charge in [-0.2, -0.15) is 0 Å². The minimum Gasteiger partial charge on any atom is -0.491 e. The lowest BCUT2D eigenvalue weighted by Gasteiger charge is -2.46. The van der Waals surface area contributed by atoms with Crippen molar-refractivity contribution in [2.24, 2.45) is 5.92 Å². The molecule has 1 spiro atoms. The fourth-order valence-corrected chi connectivity index (χ4v) is 9.16. The third kappa shape index (κ3) is 6.42. The number of hydrogen-bond acceptors (Lipinski definition) is 8. The second-order valence-corrected chi connectivity index (χ2v) is 14.7. The van der Waals surface area contributed by atoms with E-state index in [1.54, 1.807) is 42.5 Å². The van der Waals surface area contributed by atoms with Crippen LogP contribution in [0.5, 0.6) is 5.75 Å². The van der Waals surface area contributed by atoms with E-state index in [9.17, 15) is 14.7 Å². The maximum Gasteiger partial charge on any atom is 0.329 e. The number of aliphatic hydroxyl groups excluding tert-OH is 1. The van der Waals surface area contributed by atoms with Crippen molar-refractivity contribution in [1.82, 2.24) is 15.5 Å². The van der Waals surface area contributed by atoms with Crippen LogP contribution in [0.3, 0.4) is 0 Å². The Labute approximate surface area is 336 Å². The van der Waals surface area contributed by atoms with Crippen molar-refractivity contribution in [2.75, 3.05) is 24.7 Å². The molecule has 11 heteroatoms. The number of anilines is 1. The Morgan fingerprint density at radius 1 is 0.845 bits per heavy atom. The summed E-state index contributed by atoms with van der Waals surface area (Å²) >= 11 is 0. The third-order valence-electron chi connectivity index (χ3n) is 11.4. The van der Waals surface area contributed by atoms with Gasteiger partial charge in [-0.15, -0.1) is 6.58 Å². The van der Waals surface area contributed by atoms with Gasteiger partial charge in [0.2, 0.25) is 11.8 Å². The number of ether oxygens (including phenoxy) is 2. The van der Waals surface area contributed by atoms with Crippen molar-refractivity contribution >= 4 is 29.5 Å². The zero-order valence-corrected chi connectivity index (χ0v) is 31.9. The zero-order valence-electron chi connectivity index (χ0n) is 31.9. The highest BCUT2D eigenvalue weighted by molar-refractivity contribution is 6.24. The highest BCUT2D eigenvalue weighted by atomic mass is 16.6. The van der Waals surface area contributed by atoms with Crippen LogP contribution in [0, 0.1) is 5.92 Å². The predicted octanol–water partition coefficient (Wildman–Crippen LogP) is 6.50. The summed E-state index contributed by atoms with van der Waals surface area (Å²) in [6, 6.07) is 38.3. The zero-order chi connectivity index (χ0) is 40.4. The van der Waals surface area contributed by atoms with Crippen molar-refractivity contribution in [3.05, 3.63) is 180 Å². The minimum atomic E-state index is -1.87. The number of nitrogens with one attached hydrogen (secondary N) is 2. The number of amides is 4. The van der Waals surface area contributed by atoms with Gasteiger partial charge in [-0.25, -0.2) is 9.69 Å². The number of rotatable bonds is 11. The van der Waals surface area contributed by atoms with Crippen LogP contribution in [0.15, 0.2) is 152 Å². The van der Waals surface area contributed by atoms with Crippen LogP contribution in [-0.4, -0.2) is 59.6 Å². The molecule has 294 valence electrons. The largest absolute Gasteiger partial charge is 0.491 e. The van der Waals surface area contributed by atoms with Crippen LogP contribution in [0.4, 0.5) is 10.5 Å². The molecule has 2 fully saturated rings. The molecule has 3 aliphatic rings. The number of carbonyl (C=O) groups is 4. The molecule has 0 saturated carbocycles. The van der Waals surface area contributed by atoms with E-state index in [0.29, 0.717) is 22.6 Å². The number of urea groups is 1. The number of hydrogen-bond donors (Lipinski definition) is 3.